The van der Waals surface area contributed by atoms with E-state index >= 15 is 0 Å². The van der Waals surface area contributed by atoms with Crippen LogP contribution in [0.25, 0.3) is 0 Å². The van der Waals surface area contributed by atoms with Crippen LogP contribution in [0, 0.1) is 6.92 Å². The Labute approximate surface area is 130 Å². The van der Waals surface area contributed by atoms with Gasteiger partial charge >= 0.3 is 0 Å². The summed E-state index contributed by atoms with van der Waals surface area (Å²) in [6, 6.07) is 14.6. The van der Waals surface area contributed by atoms with Crippen LogP contribution in [0.5, 0.6) is 11.5 Å². The van der Waals surface area contributed by atoms with E-state index in [0.717, 1.165) is 16.8 Å². The Morgan fingerprint density at radius 2 is 1.65 bits per heavy atom. The number of benzene rings is 2. The predicted molar refractivity (Wildman–Crippen MR) is 89.0 cm³/mol. The fraction of sp³-hybridized carbons (Fsp3) is 0.333. The molecule has 0 unspecified atom stereocenters. The monoisotopic (exact) mass is 332 g/mol. The van der Waals surface area contributed by atoms with Gasteiger partial charge in [0.25, 0.3) is 0 Å². The molecule has 0 fully saturated rings. The van der Waals surface area contributed by atoms with E-state index < -0.39 is 0 Å². The fourth-order valence-electron chi connectivity index (χ4n) is 2.06. The molecule has 20 heavy (non-hydrogen) atoms. The van der Waals surface area contributed by atoms with Crippen molar-refractivity contribution in [1.29, 1.82) is 0 Å². The maximum absolute atomic E-state index is 5.99. The molecule has 2 aromatic carbocycles. The van der Waals surface area contributed by atoms with E-state index in [4.69, 9.17) is 4.74 Å². The number of hydrogen-bond acceptors (Lipinski definition) is 1. The molecule has 0 aliphatic carbocycles. The quantitative estimate of drug-likeness (QED) is 0.628. The van der Waals surface area contributed by atoms with Gasteiger partial charge in [-0.3, -0.25) is 0 Å². The van der Waals surface area contributed by atoms with Crippen LogP contribution in [0.3, 0.4) is 0 Å². The van der Waals surface area contributed by atoms with E-state index in [0.29, 0.717) is 0 Å². The van der Waals surface area contributed by atoms with Gasteiger partial charge in [-0.05, 0) is 36.1 Å². The first-order valence-electron chi connectivity index (χ1n) is 6.84. The van der Waals surface area contributed by atoms with Crippen molar-refractivity contribution in [3.63, 3.8) is 0 Å². The summed E-state index contributed by atoms with van der Waals surface area (Å²) in [5, 5.41) is 0.796. The zero-order chi connectivity index (χ0) is 14.8. The topological polar surface area (TPSA) is 9.23 Å². The molecule has 0 atom stereocenters. The molecule has 0 saturated heterocycles. The van der Waals surface area contributed by atoms with E-state index in [1.165, 1.54) is 16.7 Å². The van der Waals surface area contributed by atoms with Gasteiger partial charge in [0.15, 0.2) is 0 Å². The van der Waals surface area contributed by atoms with Crippen molar-refractivity contribution in [2.45, 2.75) is 38.4 Å². The molecule has 0 spiro atoms. The lowest BCUT2D eigenvalue weighted by Crippen LogP contribution is -2.10. The Hall–Kier alpha value is -1.28. The Morgan fingerprint density at radius 1 is 1.00 bits per heavy atom. The first kappa shape index (κ1) is 15.1. The average Bonchev–Trinajstić information content (AvgIpc) is 2.40. The Balaban J connectivity index is 2.22. The van der Waals surface area contributed by atoms with Crippen molar-refractivity contribution >= 4 is 15.9 Å². The molecule has 0 heterocycles. The smallest absolute Gasteiger partial charge is 0.131 e. The summed E-state index contributed by atoms with van der Waals surface area (Å²) in [4.78, 5) is 0. The van der Waals surface area contributed by atoms with E-state index in [9.17, 15) is 0 Å². The lowest BCUT2D eigenvalue weighted by Gasteiger charge is -2.19. The van der Waals surface area contributed by atoms with Crippen molar-refractivity contribution in [2.75, 3.05) is 0 Å². The predicted octanol–water partition coefficient (Wildman–Crippen LogP) is 5.98. The number of rotatable bonds is 3. The van der Waals surface area contributed by atoms with Gasteiger partial charge in [-0.25, -0.2) is 0 Å². The molecular formula is C18H21BrO. The molecule has 0 saturated carbocycles. The minimum absolute atomic E-state index is 0.170. The van der Waals surface area contributed by atoms with Gasteiger partial charge in [0, 0.05) is 10.9 Å². The Kier molecular flexibility index (Phi) is 4.54. The second kappa shape index (κ2) is 6.01. The van der Waals surface area contributed by atoms with Gasteiger partial charge in [-0.15, -0.1) is 0 Å². The van der Waals surface area contributed by atoms with Crippen molar-refractivity contribution in [2.24, 2.45) is 0 Å². The standard InChI is InChI=1S/C18H21BrO/c1-13-5-10-17(14(11-13)12-19)20-16-8-6-15(7-9-16)18(2,3)4/h5-11H,12H2,1-4H3. The first-order valence-corrected chi connectivity index (χ1v) is 7.96. The molecule has 1 nitrogen and oxygen atoms in total. The van der Waals surface area contributed by atoms with Crippen molar-refractivity contribution < 1.29 is 4.74 Å². The van der Waals surface area contributed by atoms with Crippen molar-refractivity contribution in [1.82, 2.24) is 0 Å². The summed E-state index contributed by atoms with van der Waals surface area (Å²) in [7, 11) is 0. The number of ether oxygens (including phenoxy) is 1. The third-order valence-electron chi connectivity index (χ3n) is 3.31. The minimum atomic E-state index is 0.170. The molecule has 0 aliphatic rings. The second-order valence-corrected chi connectivity index (χ2v) is 6.68. The zero-order valence-electron chi connectivity index (χ0n) is 12.5. The summed E-state index contributed by atoms with van der Waals surface area (Å²) in [6.07, 6.45) is 0. The molecule has 0 aromatic heterocycles. The SMILES string of the molecule is Cc1ccc(Oc2ccc(C(C)(C)C)cc2)c(CBr)c1. The number of alkyl halides is 1. The van der Waals surface area contributed by atoms with Crippen LogP contribution in [0.15, 0.2) is 42.5 Å². The summed E-state index contributed by atoms with van der Waals surface area (Å²) in [6.45, 7) is 8.73. The molecule has 0 N–H and O–H groups in total. The van der Waals surface area contributed by atoms with Gasteiger partial charge in [-0.1, -0.05) is 66.5 Å². The Morgan fingerprint density at radius 3 is 2.20 bits per heavy atom. The van der Waals surface area contributed by atoms with Gasteiger partial charge in [0.1, 0.15) is 11.5 Å². The molecule has 0 amide bonds. The van der Waals surface area contributed by atoms with Gasteiger partial charge in [0.05, 0.1) is 0 Å². The Bertz CT molecular complexity index is 579. The first-order chi connectivity index (χ1) is 9.40. The van der Waals surface area contributed by atoms with Crippen LogP contribution in [-0.2, 0) is 10.7 Å². The maximum Gasteiger partial charge on any atom is 0.131 e. The molecule has 2 rings (SSSR count). The molecule has 2 heteroatoms. The van der Waals surface area contributed by atoms with Crippen LogP contribution in [0.1, 0.15) is 37.5 Å². The van der Waals surface area contributed by atoms with E-state index in [1.54, 1.807) is 0 Å². The molecule has 0 radical (unpaired) electrons. The van der Waals surface area contributed by atoms with Crippen molar-refractivity contribution in [3.05, 3.63) is 59.2 Å². The molecular weight excluding hydrogens is 312 g/mol. The highest BCUT2D eigenvalue weighted by molar-refractivity contribution is 9.08. The highest BCUT2D eigenvalue weighted by atomic mass is 79.9. The summed E-state index contributed by atoms with van der Waals surface area (Å²) >= 11 is 3.51. The fourth-order valence-corrected chi connectivity index (χ4v) is 2.50. The van der Waals surface area contributed by atoms with Gasteiger partial charge in [0.2, 0.25) is 0 Å². The van der Waals surface area contributed by atoms with Crippen LogP contribution in [0.2, 0.25) is 0 Å². The van der Waals surface area contributed by atoms with Gasteiger partial charge < -0.3 is 4.74 Å². The molecule has 2 aromatic rings. The highest BCUT2D eigenvalue weighted by Crippen LogP contribution is 2.30. The largest absolute Gasteiger partial charge is 0.457 e. The highest BCUT2D eigenvalue weighted by Gasteiger charge is 2.13. The molecule has 0 bridgehead atoms. The second-order valence-electron chi connectivity index (χ2n) is 6.12. The number of halogens is 1. The number of aryl methyl sites for hydroxylation is 1. The van der Waals surface area contributed by atoms with Crippen LogP contribution >= 0.6 is 15.9 Å². The molecule has 106 valence electrons. The number of hydrogen-bond donors (Lipinski definition) is 0. The summed E-state index contributed by atoms with van der Waals surface area (Å²) in [5.74, 6) is 1.79. The summed E-state index contributed by atoms with van der Waals surface area (Å²) in [5.41, 5.74) is 3.90. The van der Waals surface area contributed by atoms with E-state index in [-0.39, 0.29) is 5.41 Å². The lowest BCUT2D eigenvalue weighted by atomic mass is 9.87. The normalized spacial score (nSPS) is 11.4. The minimum Gasteiger partial charge on any atom is -0.457 e. The van der Waals surface area contributed by atoms with Crippen LogP contribution < -0.4 is 4.74 Å². The summed E-state index contributed by atoms with van der Waals surface area (Å²) < 4.78 is 5.99. The van der Waals surface area contributed by atoms with Crippen LogP contribution in [0.4, 0.5) is 0 Å². The lowest BCUT2D eigenvalue weighted by molar-refractivity contribution is 0.477. The third kappa shape index (κ3) is 3.63. The van der Waals surface area contributed by atoms with Gasteiger partial charge in [-0.2, -0.15) is 0 Å². The van der Waals surface area contributed by atoms with E-state index in [2.05, 4.69) is 67.9 Å². The zero-order valence-corrected chi connectivity index (χ0v) is 14.1. The van der Waals surface area contributed by atoms with E-state index in [1.807, 2.05) is 18.2 Å². The maximum atomic E-state index is 5.99. The van der Waals surface area contributed by atoms with Crippen molar-refractivity contribution in [3.8, 4) is 11.5 Å². The molecule has 0 aliphatic heterocycles. The third-order valence-corrected chi connectivity index (χ3v) is 3.91. The van der Waals surface area contributed by atoms with Crippen LogP contribution in [-0.4, -0.2) is 0 Å². The average molecular weight is 333 g/mol.